The second kappa shape index (κ2) is 8.70. The van der Waals surface area contributed by atoms with E-state index in [0.29, 0.717) is 16.9 Å². The average molecular weight is 453 g/mol. The highest BCUT2D eigenvalue weighted by molar-refractivity contribution is 14.1. The number of carbonyl (C=O) groups excluding carboxylic acids is 2. The predicted molar refractivity (Wildman–Crippen MR) is 109 cm³/mol. The van der Waals surface area contributed by atoms with Gasteiger partial charge in [-0.25, -0.2) is 9.59 Å². The lowest BCUT2D eigenvalue weighted by atomic mass is 10.1. The molecule has 0 aromatic heterocycles. The molecule has 0 spiro atoms. The maximum Gasteiger partial charge on any atom is 0.340 e. The Morgan fingerprint density at radius 1 is 1.08 bits per heavy atom. The third-order valence-electron chi connectivity index (χ3n) is 3.39. The fourth-order valence-corrected chi connectivity index (χ4v) is 2.66. The summed E-state index contributed by atoms with van der Waals surface area (Å²) < 4.78 is 5.98. The molecule has 0 saturated carbocycles. The first kappa shape index (κ1) is 19.0. The van der Waals surface area contributed by atoms with Crippen molar-refractivity contribution < 1.29 is 14.3 Å². The first-order chi connectivity index (χ1) is 11.9. The number of amides is 2. The summed E-state index contributed by atoms with van der Waals surface area (Å²) in [6.07, 6.45) is 0. The molecule has 0 heterocycles. The summed E-state index contributed by atoms with van der Waals surface area (Å²) in [6.45, 7) is 2.01. The van der Waals surface area contributed by atoms with Crippen LogP contribution >= 0.6 is 22.6 Å². The molecule has 0 aliphatic carbocycles. The number of carbonyl (C=O) groups is 2. The molecular weight excluding hydrogens is 433 g/mol. The van der Waals surface area contributed by atoms with Gasteiger partial charge in [0, 0.05) is 23.4 Å². The second-order valence-corrected chi connectivity index (χ2v) is 6.57. The van der Waals surface area contributed by atoms with E-state index in [0.717, 1.165) is 9.26 Å². The molecule has 2 rings (SSSR count). The topological polar surface area (TPSA) is 70.7 Å². The van der Waals surface area contributed by atoms with E-state index in [2.05, 4.69) is 33.2 Å². The van der Waals surface area contributed by atoms with Crippen molar-refractivity contribution in [1.29, 1.82) is 0 Å². The standard InChI is InChI=1S/C18H20IN3O3/c1-4-25-17(23)13-10-9-12(22(2)3)11-16(13)21-18(24)20-15-8-6-5-7-14(15)19/h5-11H,4H2,1-3H3,(H2,20,21,24). The summed E-state index contributed by atoms with van der Waals surface area (Å²) in [5.74, 6) is -0.475. The van der Waals surface area contributed by atoms with Gasteiger partial charge in [-0.1, -0.05) is 12.1 Å². The van der Waals surface area contributed by atoms with Gasteiger partial charge < -0.3 is 20.3 Å². The Kier molecular flexibility index (Phi) is 6.63. The normalized spacial score (nSPS) is 10.1. The lowest BCUT2D eigenvalue weighted by molar-refractivity contribution is 0.0527. The van der Waals surface area contributed by atoms with E-state index in [4.69, 9.17) is 4.74 Å². The van der Waals surface area contributed by atoms with Crippen LogP contribution in [0, 0.1) is 3.57 Å². The smallest absolute Gasteiger partial charge is 0.340 e. The zero-order chi connectivity index (χ0) is 18.4. The molecule has 0 aliphatic rings. The van der Waals surface area contributed by atoms with Gasteiger partial charge in [-0.05, 0) is 59.8 Å². The Balaban J connectivity index is 2.26. The van der Waals surface area contributed by atoms with Crippen LogP contribution in [-0.4, -0.2) is 32.7 Å². The summed E-state index contributed by atoms with van der Waals surface area (Å²) in [6, 6.07) is 12.2. The number of para-hydroxylation sites is 1. The highest BCUT2D eigenvalue weighted by Gasteiger charge is 2.16. The van der Waals surface area contributed by atoms with Gasteiger partial charge in [-0.2, -0.15) is 0 Å². The van der Waals surface area contributed by atoms with Crippen LogP contribution < -0.4 is 15.5 Å². The van der Waals surface area contributed by atoms with Gasteiger partial charge in [0.25, 0.3) is 0 Å². The maximum atomic E-state index is 12.4. The lowest BCUT2D eigenvalue weighted by Crippen LogP contribution is -2.22. The number of hydrogen-bond acceptors (Lipinski definition) is 4. The third kappa shape index (κ3) is 5.09. The molecular formula is C18H20IN3O3. The van der Waals surface area contributed by atoms with Crippen molar-refractivity contribution in [3.8, 4) is 0 Å². The van der Waals surface area contributed by atoms with Crippen molar-refractivity contribution in [3.05, 3.63) is 51.6 Å². The zero-order valence-electron chi connectivity index (χ0n) is 14.3. The van der Waals surface area contributed by atoms with Crippen molar-refractivity contribution in [2.24, 2.45) is 0 Å². The summed E-state index contributed by atoms with van der Waals surface area (Å²) >= 11 is 2.14. The largest absolute Gasteiger partial charge is 0.462 e. The van der Waals surface area contributed by atoms with Gasteiger partial charge in [0.1, 0.15) is 0 Å². The summed E-state index contributed by atoms with van der Waals surface area (Å²) in [5.41, 5.74) is 2.26. The van der Waals surface area contributed by atoms with Crippen molar-refractivity contribution >= 4 is 51.7 Å². The van der Waals surface area contributed by atoms with Gasteiger partial charge in [-0.15, -0.1) is 0 Å². The lowest BCUT2D eigenvalue weighted by Gasteiger charge is -2.17. The van der Waals surface area contributed by atoms with Crippen molar-refractivity contribution in [1.82, 2.24) is 0 Å². The van der Waals surface area contributed by atoms with E-state index >= 15 is 0 Å². The molecule has 132 valence electrons. The molecule has 0 radical (unpaired) electrons. The summed E-state index contributed by atoms with van der Waals surface area (Å²) in [5, 5.41) is 5.52. The molecule has 0 atom stereocenters. The van der Waals surface area contributed by atoms with Crippen LogP contribution in [0.5, 0.6) is 0 Å². The average Bonchev–Trinajstić information content (AvgIpc) is 2.57. The number of hydrogen-bond donors (Lipinski definition) is 2. The number of benzene rings is 2. The van der Waals surface area contributed by atoms with Gasteiger partial charge in [0.2, 0.25) is 0 Å². The molecule has 0 fully saturated rings. The molecule has 25 heavy (non-hydrogen) atoms. The number of nitrogens with zero attached hydrogens (tertiary/aromatic N) is 1. The fraction of sp³-hybridized carbons (Fsp3) is 0.222. The van der Waals surface area contributed by atoms with Crippen LogP contribution in [0.4, 0.5) is 21.9 Å². The van der Waals surface area contributed by atoms with E-state index < -0.39 is 12.0 Å². The quantitative estimate of drug-likeness (QED) is 0.527. The number of rotatable bonds is 5. The monoisotopic (exact) mass is 453 g/mol. The van der Waals surface area contributed by atoms with Crippen LogP contribution in [0.2, 0.25) is 0 Å². The minimum atomic E-state index is -0.475. The summed E-state index contributed by atoms with van der Waals surface area (Å²) in [7, 11) is 3.77. The Labute approximate surface area is 160 Å². The number of urea groups is 1. The van der Waals surface area contributed by atoms with Gasteiger partial charge in [0.15, 0.2) is 0 Å². The number of halogens is 1. The van der Waals surface area contributed by atoms with Crippen LogP contribution in [0.3, 0.4) is 0 Å². The van der Waals surface area contributed by atoms with E-state index in [9.17, 15) is 9.59 Å². The number of ether oxygens (including phenoxy) is 1. The Morgan fingerprint density at radius 3 is 2.40 bits per heavy atom. The third-order valence-corrected chi connectivity index (χ3v) is 4.33. The van der Waals surface area contributed by atoms with Gasteiger partial charge in [0.05, 0.1) is 23.5 Å². The van der Waals surface area contributed by atoms with Crippen LogP contribution in [0.15, 0.2) is 42.5 Å². The molecule has 2 N–H and O–H groups in total. The number of esters is 1. The van der Waals surface area contributed by atoms with E-state index in [-0.39, 0.29) is 6.61 Å². The number of anilines is 3. The minimum absolute atomic E-state index is 0.266. The molecule has 2 aromatic carbocycles. The molecule has 0 saturated heterocycles. The molecule has 0 unspecified atom stereocenters. The molecule has 7 heteroatoms. The van der Waals surface area contributed by atoms with Crippen LogP contribution in [-0.2, 0) is 4.74 Å². The van der Waals surface area contributed by atoms with E-state index in [1.165, 1.54) is 0 Å². The van der Waals surface area contributed by atoms with Crippen molar-refractivity contribution in [2.75, 3.05) is 36.2 Å². The minimum Gasteiger partial charge on any atom is -0.462 e. The predicted octanol–water partition coefficient (Wildman–Crippen LogP) is 4.18. The summed E-state index contributed by atoms with van der Waals surface area (Å²) in [4.78, 5) is 26.4. The second-order valence-electron chi connectivity index (χ2n) is 5.40. The molecule has 2 amide bonds. The highest BCUT2D eigenvalue weighted by atomic mass is 127. The molecule has 0 aliphatic heterocycles. The highest BCUT2D eigenvalue weighted by Crippen LogP contribution is 2.24. The Morgan fingerprint density at radius 2 is 1.76 bits per heavy atom. The van der Waals surface area contributed by atoms with E-state index in [1.54, 1.807) is 25.1 Å². The van der Waals surface area contributed by atoms with Gasteiger partial charge in [-0.3, -0.25) is 0 Å². The van der Waals surface area contributed by atoms with Crippen molar-refractivity contribution in [3.63, 3.8) is 0 Å². The molecule has 2 aromatic rings. The van der Waals surface area contributed by atoms with Gasteiger partial charge >= 0.3 is 12.0 Å². The fourth-order valence-electron chi connectivity index (χ4n) is 2.14. The van der Waals surface area contributed by atoms with Crippen molar-refractivity contribution in [2.45, 2.75) is 6.92 Å². The number of nitrogens with one attached hydrogen (secondary N) is 2. The first-order valence-electron chi connectivity index (χ1n) is 7.73. The maximum absolute atomic E-state index is 12.4. The first-order valence-corrected chi connectivity index (χ1v) is 8.81. The van der Waals surface area contributed by atoms with E-state index in [1.807, 2.05) is 43.3 Å². The Hall–Kier alpha value is -2.29. The molecule has 6 nitrogen and oxygen atoms in total. The Bertz CT molecular complexity index is 778. The van der Waals surface area contributed by atoms with Crippen LogP contribution in [0.25, 0.3) is 0 Å². The van der Waals surface area contributed by atoms with Crippen LogP contribution in [0.1, 0.15) is 17.3 Å². The molecule has 0 bridgehead atoms. The SMILES string of the molecule is CCOC(=O)c1ccc(N(C)C)cc1NC(=O)Nc1ccccc1I. The zero-order valence-corrected chi connectivity index (χ0v) is 16.5.